The first-order chi connectivity index (χ1) is 13.4. The van der Waals surface area contributed by atoms with E-state index in [1.165, 1.54) is 24.8 Å². The highest BCUT2D eigenvalue weighted by atomic mass is 16.4. The molecule has 28 heavy (non-hydrogen) atoms. The molecular weight excluding hydrogens is 348 g/mol. The number of nitrogens with one attached hydrogen (secondary N) is 2. The first kappa shape index (κ1) is 21.1. The van der Waals surface area contributed by atoms with Gasteiger partial charge in [0.2, 0.25) is 0 Å². The van der Waals surface area contributed by atoms with Crippen molar-refractivity contribution in [2.75, 3.05) is 6.54 Å². The lowest BCUT2D eigenvalue weighted by Gasteiger charge is -2.32. The molecule has 0 aromatic heterocycles. The zero-order valence-electron chi connectivity index (χ0n) is 17.6. The molecule has 154 valence electrons. The molecule has 0 amide bonds. The van der Waals surface area contributed by atoms with Gasteiger partial charge in [-0.15, -0.1) is 0 Å². The van der Waals surface area contributed by atoms with Crippen LogP contribution >= 0.6 is 0 Å². The predicted molar refractivity (Wildman–Crippen MR) is 115 cm³/mol. The zero-order valence-corrected chi connectivity index (χ0v) is 17.6. The fourth-order valence-electron chi connectivity index (χ4n) is 4.27. The number of aliphatic carboxylic acids is 1. The molecule has 3 rings (SSSR count). The van der Waals surface area contributed by atoms with E-state index in [0.717, 1.165) is 19.3 Å². The molecular formula is C24H36N2O2. The number of rotatable bonds is 9. The van der Waals surface area contributed by atoms with E-state index in [1.807, 2.05) is 0 Å². The molecule has 2 fully saturated rings. The van der Waals surface area contributed by atoms with E-state index in [-0.39, 0.29) is 0 Å². The van der Waals surface area contributed by atoms with Crippen LogP contribution in [0, 0.1) is 11.3 Å². The van der Waals surface area contributed by atoms with Gasteiger partial charge in [-0.1, -0.05) is 48.9 Å². The largest absolute Gasteiger partial charge is 0.481 e. The van der Waals surface area contributed by atoms with Gasteiger partial charge in [-0.25, -0.2) is 0 Å². The van der Waals surface area contributed by atoms with Gasteiger partial charge in [0, 0.05) is 24.7 Å². The number of benzene rings is 1. The Labute approximate surface area is 169 Å². The minimum Gasteiger partial charge on any atom is -0.481 e. The second-order valence-electron chi connectivity index (χ2n) is 9.22. The number of hydrogen-bond acceptors (Lipinski definition) is 3. The summed E-state index contributed by atoms with van der Waals surface area (Å²) < 4.78 is 0. The molecule has 0 aliphatic heterocycles. The summed E-state index contributed by atoms with van der Waals surface area (Å²) in [6.07, 6.45) is 9.37. The number of carbonyl (C=O) groups is 1. The molecule has 1 aromatic carbocycles. The van der Waals surface area contributed by atoms with Crippen molar-refractivity contribution in [2.45, 2.75) is 77.4 Å². The van der Waals surface area contributed by atoms with E-state index in [0.29, 0.717) is 30.6 Å². The van der Waals surface area contributed by atoms with Gasteiger partial charge in [0.05, 0.1) is 5.41 Å². The number of hydrogen-bond donors (Lipinski definition) is 3. The first-order valence-electron chi connectivity index (χ1n) is 10.9. The van der Waals surface area contributed by atoms with Gasteiger partial charge >= 0.3 is 5.97 Å². The lowest BCUT2D eigenvalue weighted by molar-refractivity contribution is -0.146. The van der Waals surface area contributed by atoms with Crippen LogP contribution < -0.4 is 10.6 Å². The van der Waals surface area contributed by atoms with Crippen LogP contribution in [0.25, 0.3) is 6.08 Å². The van der Waals surface area contributed by atoms with Crippen molar-refractivity contribution in [1.29, 1.82) is 0 Å². The van der Waals surface area contributed by atoms with Crippen molar-refractivity contribution in [3.05, 3.63) is 41.5 Å². The van der Waals surface area contributed by atoms with E-state index in [9.17, 15) is 9.90 Å². The smallest absolute Gasteiger partial charge is 0.310 e. The Morgan fingerprint density at radius 2 is 1.79 bits per heavy atom. The minimum atomic E-state index is -0.731. The molecule has 1 aromatic rings. The summed E-state index contributed by atoms with van der Waals surface area (Å²) in [5.74, 6) is -0.0390. The molecule has 0 heterocycles. The van der Waals surface area contributed by atoms with Gasteiger partial charge in [-0.05, 0) is 63.9 Å². The maximum atomic E-state index is 11.2. The monoisotopic (exact) mass is 384 g/mol. The van der Waals surface area contributed by atoms with Gasteiger partial charge in [0.1, 0.15) is 0 Å². The summed E-state index contributed by atoms with van der Waals surface area (Å²) in [6, 6.07) is 12.3. The van der Waals surface area contributed by atoms with Crippen LogP contribution in [0.5, 0.6) is 0 Å². The third kappa shape index (κ3) is 5.68. The summed E-state index contributed by atoms with van der Waals surface area (Å²) in [7, 11) is 0. The molecule has 4 heteroatoms. The fourth-order valence-corrected chi connectivity index (χ4v) is 4.27. The van der Waals surface area contributed by atoms with Gasteiger partial charge in [-0.2, -0.15) is 0 Å². The summed E-state index contributed by atoms with van der Waals surface area (Å²) in [4.78, 5) is 11.2. The molecule has 0 saturated heterocycles. The normalized spacial score (nSPS) is 28.2. The van der Waals surface area contributed by atoms with E-state index in [4.69, 9.17) is 0 Å². The van der Waals surface area contributed by atoms with Gasteiger partial charge in [-0.3, -0.25) is 4.79 Å². The molecule has 3 N–H and O–H groups in total. The van der Waals surface area contributed by atoms with E-state index in [2.05, 4.69) is 54.0 Å². The van der Waals surface area contributed by atoms with Gasteiger partial charge < -0.3 is 15.7 Å². The average Bonchev–Trinajstić information content (AvgIpc) is 3.45. The van der Waals surface area contributed by atoms with E-state index in [1.54, 1.807) is 19.4 Å². The summed E-state index contributed by atoms with van der Waals surface area (Å²) in [5, 5.41) is 16.6. The van der Waals surface area contributed by atoms with Crippen LogP contribution in [-0.2, 0) is 4.79 Å². The number of carboxylic acid groups (broad SMARTS) is 1. The molecule has 0 spiro atoms. The molecule has 0 bridgehead atoms. The van der Waals surface area contributed by atoms with Crippen molar-refractivity contribution in [3.63, 3.8) is 0 Å². The molecule has 0 radical (unpaired) electrons. The van der Waals surface area contributed by atoms with E-state index >= 15 is 0 Å². The molecule has 4 nitrogen and oxygen atoms in total. The Kier molecular flexibility index (Phi) is 6.95. The highest BCUT2D eigenvalue weighted by molar-refractivity contribution is 5.73. The molecule has 2 aliphatic rings. The van der Waals surface area contributed by atoms with Crippen LogP contribution in [0.4, 0.5) is 0 Å². The third-order valence-corrected chi connectivity index (χ3v) is 6.42. The molecule has 2 aliphatic carbocycles. The summed E-state index contributed by atoms with van der Waals surface area (Å²) >= 11 is 0. The fraction of sp³-hybridized carbons (Fsp3) is 0.625. The van der Waals surface area contributed by atoms with Gasteiger partial charge in [0.15, 0.2) is 0 Å². The summed E-state index contributed by atoms with van der Waals surface area (Å²) in [6.45, 7) is 6.38. The lowest BCUT2D eigenvalue weighted by Crippen LogP contribution is -2.45. The van der Waals surface area contributed by atoms with E-state index < -0.39 is 11.4 Å². The van der Waals surface area contributed by atoms with Crippen LogP contribution in [0.1, 0.15) is 64.9 Å². The maximum absolute atomic E-state index is 11.2. The highest BCUT2D eigenvalue weighted by Crippen LogP contribution is 2.40. The second kappa shape index (κ2) is 9.23. The Bertz CT molecular complexity index is 675. The van der Waals surface area contributed by atoms with Crippen molar-refractivity contribution >= 4 is 12.0 Å². The van der Waals surface area contributed by atoms with Crippen molar-refractivity contribution in [1.82, 2.24) is 10.6 Å². The quantitative estimate of drug-likeness (QED) is 0.588. The van der Waals surface area contributed by atoms with Crippen molar-refractivity contribution in [2.24, 2.45) is 11.3 Å². The van der Waals surface area contributed by atoms with Gasteiger partial charge in [0.25, 0.3) is 0 Å². The average molecular weight is 385 g/mol. The predicted octanol–water partition coefficient (Wildman–Crippen LogP) is 4.47. The first-order valence-corrected chi connectivity index (χ1v) is 10.9. The van der Waals surface area contributed by atoms with Crippen LogP contribution in [0.15, 0.2) is 35.9 Å². The standard InChI is InChI=1S/C24H36N2O2/c1-4-18(14-17-8-6-5-7-9-17)21-15-22(21)26-20-12-10-19(11-13-20)25-16-24(2,3)23(27)28/h5-9,14,19-22,25-26H,4,10-13,15-16H2,1-3H3,(H,27,28)/b18-14+/t19-,20+,21?,22?. The Morgan fingerprint density at radius 3 is 2.39 bits per heavy atom. The highest BCUT2D eigenvalue weighted by Gasteiger charge is 2.40. The third-order valence-electron chi connectivity index (χ3n) is 6.42. The minimum absolute atomic E-state index is 0.454. The van der Waals surface area contributed by atoms with Crippen molar-refractivity contribution < 1.29 is 9.90 Å². The Morgan fingerprint density at radius 1 is 1.14 bits per heavy atom. The topological polar surface area (TPSA) is 61.4 Å². The lowest BCUT2D eigenvalue weighted by atomic mass is 9.88. The summed E-state index contributed by atoms with van der Waals surface area (Å²) in [5.41, 5.74) is 2.17. The molecule has 2 unspecified atom stereocenters. The van der Waals surface area contributed by atoms with Crippen LogP contribution in [0.3, 0.4) is 0 Å². The Balaban J connectivity index is 1.41. The Hall–Kier alpha value is -1.65. The van der Waals surface area contributed by atoms with Crippen LogP contribution in [0.2, 0.25) is 0 Å². The van der Waals surface area contributed by atoms with Crippen molar-refractivity contribution in [3.8, 4) is 0 Å². The SMILES string of the molecule is CC/C(=C\c1ccccc1)C1CC1N[C@H]1CC[C@@H](NCC(C)(C)C(=O)O)CC1. The number of carboxylic acids is 1. The maximum Gasteiger partial charge on any atom is 0.310 e. The van der Waals surface area contributed by atoms with Crippen LogP contribution in [-0.4, -0.2) is 35.7 Å². The molecule has 2 saturated carbocycles. The molecule has 2 atom stereocenters. The zero-order chi connectivity index (χ0) is 20.1. The second-order valence-corrected chi connectivity index (χ2v) is 9.22.